The Hall–Kier alpha value is -2.44. The van der Waals surface area contributed by atoms with Gasteiger partial charge >= 0.3 is 0 Å². The minimum absolute atomic E-state index is 0.0648. The third-order valence-corrected chi connectivity index (χ3v) is 4.33. The van der Waals surface area contributed by atoms with E-state index in [1.807, 2.05) is 12.1 Å². The highest BCUT2D eigenvalue weighted by Crippen LogP contribution is 2.17. The second kappa shape index (κ2) is 7.42. The molecule has 2 aromatic rings. The SMILES string of the molecule is CNc1ccc(C(=O)NCC(O)C2Cc3ccccc3CN2)cn1. The van der Waals surface area contributed by atoms with Gasteiger partial charge in [-0.3, -0.25) is 4.79 Å². The van der Waals surface area contributed by atoms with Crippen molar-refractivity contribution in [1.29, 1.82) is 0 Å². The highest BCUT2D eigenvalue weighted by Gasteiger charge is 2.24. The van der Waals surface area contributed by atoms with Crippen molar-refractivity contribution in [3.05, 3.63) is 59.3 Å². The molecule has 4 N–H and O–H groups in total. The van der Waals surface area contributed by atoms with Gasteiger partial charge in [-0.2, -0.15) is 0 Å². The number of rotatable bonds is 5. The van der Waals surface area contributed by atoms with Crippen molar-refractivity contribution in [3.8, 4) is 0 Å². The Morgan fingerprint density at radius 1 is 1.33 bits per heavy atom. The Labute approximate surface area is 141 Å². The molecular formula is C18H22N4O2. The van der Waals surface area contributed by atoms with Crippen LogP contribution in [0.15, 0.2) is 42.6 Å². The normalized spacial score (nSPS) is 17.7. The standard InChI is InChI=1S/C18H22N4O2/c1-19-17-7-6-14(10-21-17)18(24)22-11-16(23)15-8-12-4-2-3-5-13(12)9-20-15/h2-7,10,15-16,20,23H,8-9,11H2,1H3,(H,19,21)(H,22,24). The van der Waals surface area contributed by atoms with E-state index >= 15 is 0 Å². The van der Waals surface area contributed by atoms with Gasteiger partial charge in [0.1, 0.15) is 5.82 Å². The quantitative estimate of drug-likeness (QED) is 0.657. The molecule has 0 radical (unpaired) electrons. The molecule has 3 rings (SSSR count). The second-order valence-corrected chi connectivity index (χ2v) is 5.92. The fourth-order valence-corrected chi connectivity index (χ4v) is 2.87. The first-order valence-electron chi connectivity index (χ1n) is 8.07. The van der Waals surface area contributed by atoms with E-state index in [4.69, 9.17) is 0 Å². The van der Waals surface area contributed by atoms with Gasteiger partial charge in [-0.15, -0.1) is 0 Å². The summed E-state index contributed by atoms with van der Waals surface area (Å²) in [5.74, 6) is 0.470. The van der Waals surface area contributed by atoms with Crippen molar-refractivity contribution in [1.82, 2.24) is 15.6 Å². The number of benzene rings is 1. The Morgan fingerprint density at radius 2 is 2.12 bits per heavy atom. The summed E-state index contributed by atoms with van der Waals surface area (Å²) in [7, 11) is 1.77. The van der Waals surface area contributed by atoms with Crippen molar-refractivity contribution < 1.29 is 9.90 Å². The van der Waals surface area contributed by atoms with Gasteiger partial charge in [0.05, 0.1) is 11.7 Å². The summed E-state index contributed by atoms with van der Waals surface area (Å²) in [6.45, 7) is 0.938. The third-order valence-electron chi connectivity index (χ3n) is 4.33. The monoisotopic (exact) mass is 326 g/mol. The Balaban J connectivity index is 1.53. The van der Waals surface area contributed by atoms with E-state index in [2.05, 4.69) is 33.1 Å². The van der Waals surface area contributed by atoms with Crippen LogP contribution in [0.3, 0.4) is 0 Å². The number of amides is 1. The maximum Gasteiger partial charge on any atom is 0.252 e. The van der Waals surface area contributed by atoms with Crippen LogP contribution in [0.25, 0.3) is 0 Å². The first-order valence-corrected chi connectivity index (χ1v) is 8.07. The lowest BCUT2D eigenvalue weighted by molar-refractivity contribution is 0.0869. The van der Waals surface area contributed by atoms with Gasteiger partial charge in [-0.1, -0.05) is 24.3 Å². The van der Waals surface area contributed by atoms with Crippen LogP contribution in [0.4, 0.5) is 5.82 Å². The van der Waals surface area contributed by atoms with Gasteiger partial charge in [0.15, 0.2) is 0 Å². The summed E-state index contributed by atoms with van der Waals surface area (Å²) in [4.78, 5) is 16.2. The highest BCUT2D eigenvalue weighted by molar-refractivity contribution is 5.94. The van der Waals surface area contributed by atoms with E-state index in [0.29, 0.717) is 11.4 Å². The molecule has 1 aliphatic rings. The molecular weight excluding hydrogens is 304 g/mol. The predicted molar refractivity (Wildman–Crippen MR) is 92.9 cm³/mol. The first kappa shape index (κ1) is 16.4. The summed E-state index contributed by atoms with van der Waals surface area (Å²) in [6, 6.07) is 11.6. The third kappa shape index (κ3) is 3.72. The molecule has 0 saturated carbocycles. The van der Waals surface area contributed by atoms with Crippen LogP contribution in [0, 0.1) is 0 Å². The number of aliphatic hydroxyl groups excluding tert-OH is 1. The number of nitrogens with zero attached hydrogens (tertiary/aromatic N) is 1. The Morgan fingerprint density at radius 3 is 2.83 bits per heavy atom. The zero-order chi connectivity index (χ0) is 16.9. The van der Waals surface area contributed by atoms with E-state index in [-0.39, 0.29) is 18.5 Å². The minimum atomic E-state index is -0.646. The number of hydrogen-bond acceptors (Lipinski definition) is 5. The van der Waals surface area contributed by atoms with Crippen molar-refractivity contribution in [2.45, 2.75) is 25.1 Å². The lowest BCUT2D eigenvalue weighted by Gasteiger charge is -2.30. The number of nitrogens with one attached hydrogen (secondary N) is 3. The molecule has 6 heteroatoms. The number of hydrogen-bond donors (Lipinski definition) is 4. The lowest BCUT2D eigenvalue weighted by atomic mass is 9.93. The number of fused-ring (bicyclic) bond motifs is 1. The molecule has 2 unspecified atom stereocenters. The molecule has 1 aromatic heterocycles. The van der Waals surface area contributed by atoms with Crippen molar-refractivity contribution in [3.63, 3.8) is 0 Å². The van der Waals surface area contributed by atoms with E-state index in [0.717, 1.165) is 13.0 Å². The lowest BCUT2D eigenvalue weighted by Crippen LogP contribution is -2.49. The molecule has 1 amide bonds. The van der Waals surface area contributed by atoms with E-state index in [1.54, 1.807) is 19.2 Å². The maximum absolute atomic E-state index is 12.1. The van der Waals surface area contributed by atoms with Gasteiger partial charge in [0.25, 0.3) is 5.91 Å². The maximum atomic E-state index is 12.1. The number of pyridine rings is 1. The second-order valence-electron chi connectivity index (χ2n) is 5.92. The molecule has 6 nitrogen and oxygen atoms in total. The molecule has 126 valence electrons. The molecule has 2 atom stereocenters. The highest BCUT2D eigenvalue weighted by atomic mass is 16.3. The fourth-order valence-electron chi connectivity index (χ4n) is 2.87. The van der Waals surface area contributed by atoms with Gasteiger partial charge in [0, 0.05) is 32.4 Å². The number of anilines is 1. The summed E-state index contributed by atoms with van der Waals surface area (Å²) in [5, 5.41) is 19.4. The fraction of sp³-hybridized carbons (Fsp3) is 0.333. The van der Waals surface area contributed by atoms with Crippen LogP contribution in [-0.2, 0) is 13.0 Å². The molecule has 1 aliphatic heterocycles. The number of carbonyl (C=O) groups is 1. The van der Waals surface area contributed by atoms with Crippen molar-refractivity contribution >= 4 is 11.7 Å². The van der Waals surface area contributed by atoms with E-state index < -0.39 is 6.10 Å². The summed E-state index contributed by atoms with van der Waals surface area (Å²) in [6.07, 6.45) is 1.63. The van der Waals surface area contributed by atoms with E-state index in [9.17, 15) is 9.90 Å². The number of carbonyl (C=O) groups excluding carboxylic acids is 1. The summed E-state index contributed by atoms with van der Waals surface area (Å²) >= 11 is 0. The summed E-state index contributed by atoms with van der Waals surface area (Å²) in [5.41, 5.74) is 2.99. The Kier molecular flexibility index (Phi) is 5.08. The van der Waals surface area contributed by atoms with Crippen LogP contribution in [0.1, 0.15) is 21.5 Å². The molecule has 0 spiro atoms. The van der Waals surface area contributed by atoms with Gasteiger partial charge in [-0.25, -0.2) is 4.98 Å². The first-order chi connectivity index (χ1) is 11.7. The molecule has 0 saturated heterocycles. The molecule has 2 heterocycles. The zero-order valence-electron chi connectivity index (χ0n) is 13.6. The van der Waals surface area contributed by atoms with Crippen molar-refractivity contribution in [2.75, 3.05) is 18.9 Å². The largest absolute Gasteiger partial charge is 0.390 e. The predicted octanol–water partition coefficient (Wildman–Crippen LogP) is 0.928. The van der Waals surface area contributed by atoms with Crippen LogP contribution < -0.4 is 16.0 Å². The van der Waals surface area contributed by atoms with Gasteiger partial charge < -0.3 is 21.1 Å². The summed E-state index contributed by atoms with van der Waals surface area (Å²) < 4.78 is 0. The van der Waals surface area contributed by atoms with Crippen LogP contribution in [-0.4, -0.2) is 41.7 Å². The number of aliphatic hydroxyl groups is 1. The molecule has 0 bridgehead atoms. The molecule has 1 aromatic carbocycles. The van der Waals surface area contributed by atoms with Crippen LogP contribution in [0.2, 0.25) is 0 Å². The van der Waals surface area contributed by atoms with Gasteiger partial charge in [0.2, 0.25) is 0 Å². The average Bonchev–Trinajstić information content (AvgIpc) is 2.65. The van der Waals surface area contributed by atoms with Crippen molar-refractivity contribution in [2.24, 2.45) is 0 Å². The van der Waals surface area contributed by atoms with E-state index in [1.165, 1.54) is 17.3 Å². The minimum Gasteiger partial charge on any atom is -0.390 e. The zero-order valence-corrected chi connectivity index (χ0v) is 13.6. The number of aromatic nitrogens is 1. The Bertz CT molecular complexity index is 702. The topological polar surface area (TPSA) is 86.3 Å². The average molecular weight is 326 g/mol. The molecule has 0 aliphatic carbocycles. The smallest absolute Gasteiger partial charge is 0.252 e. The molecule has 24 heavy (non-hydrogen) atoms. The van der Waals surface area contributed by atoms with Crippen LogP contribution in [0.5, 0.6) is 0 Å². The van der Waals surface area contributed by atoms with Crippen LogP contribution >= 0.6 is 0 Å². The molecule has 0 fully saturated rings. The van der Waals surface area contributed by atoms with Gasteiger partial charge in [-0.05, 0) is 29.7 Å².